The number of hydrogen-bond acceptors (Lipinski definition) is 2. The molecule has 1 rings (SSSR count). The van der Waals surface area contributed by atoms with Crippen LogP contribution in [0.25, 0.3) is 0 Å². The predicted molar refractivity (Wildman–Crippen MR) is 88.7 cm³/mol. The summed E-state index contributed by atoms with van der Waals surface area (Å²) in [4.78, 5) is 15.3. The molecule has 0 saturated heterocycles. The maximum atomic E-state index is 11.4. The zero-order chi connectivity index (χ0) is 13.5. The van der Waals surface area contributed by atoms with Gasteiger partial charge in [-0.3, -0.25) is 0 Å². The monoisotopic (exact) mass is 377 g/mol. The van der Waals surface area contributed by atoms with Gasteiger partial charge in [0.05, 0.1) is 6.54 Å². The lowest BCUT2D eigenvalue weighted by Gasteiger charge is -2.10. The van der Waals surface area contributed by atoms with Crippen molar-refractivity contribution >= 4 is 41.7 Å². The van der Waals surface area contributed by atoms with Crippen molar-refractivity contribution in [1.82, 2.24) is 5.32 Å². The van der Waals surface area contributed by atoms with E-state index in [0.717, 1.165) is 11.3 Å². The van der Waals surface area contributed by atoms with Gasteiger partial charge in [0.2, 0.25) is 0 Å². The van der Waals surface area contributed by atoms with Gasteiger partial charge in [-0.25, -0.2) is 9.79 Å². The van der Waals surface area contributed by atoms with Crippen molar-refractivity contribution in [3.05, 3.63) is 29.8 Å². The highest BCUT2D eigenvalue weighted by atomic mass is 127. The second-order valence-corrected chi connectivity index (χ2v) is 4.19. The average Bonchev–Trinajstić information content (AvgIpc) is 2.26. The summed E-state index contributed by atoms with van der Waals surface area (Å²) in [6.45, 7) is 4.23. The van der Waals surface area contributed by atoms with Crippen molar-refractivity contribution in [2.75, 3.05) is 5.32 Å². The summed E-state index contributed by atoms with van der Waals surface area (Å²) in [6.07, 6.45) is 0. The fourth-order valence-electron chi connectivity index (χ4n) is 1.31. The molecule has 0 aromatic heterocycles. The van der Waals surface area contributed by atoms with Crippen molar-refractivity contribution in [1.29, 1.82) is 0 Å². The van der Waals surface area contributed by atoms with Crippen LogP contribution in [0.5, 0.6) is 0 Å². The number of guanidine groups is 1. The summed E-state index contributed by atoms with van der Waals surface area (Å²) < 4.78 is 0. The zero-order valence-corrected chi connectivity index (χ0v) is 13.3. The maximum Gasteiger partial charge on any atom is 0.319 e. The van der Waals surface area contributed by atoms with Crippen LogP contribution >= 0.6 is 24.0 Å². The van der Waals surface area contributed by atoms with Crippen molar-refractivity contribution in [2.45, 2.75) is 26.4 Å². The fraction of sp³-hybridized carbons (Fsp3) is 0.333. The summed E-state index contributed by atoms with van der Waals surface area (Å²) in [5.41, 5.74) is 12.2. The summed E-state index contributed by atoms with van der Waals surface area (Å²) in [6, 6.07) is 7.21. The highest BCUT2D eigenvalue weighted by Gasteiger charge is 2.02. The zero-order valence-electron chi connectivity index (χ0n) is 11.0. The Hall–Kier alpha value is -1.51. The van der Waals surface area contributed by atoms with E-state index in [1.807, 2.05) is 26.0 Å². The Balaban J connectivity index is 0.00000324. The van der Waals surface area contributed by atoms with Crippen molar-refractivity contribution in [3.63, 3.8) is 0 Å². The molecule has 0 spiro atoms. The highest BCUT2D eigenvalue weighted by molar-refractivity contribution is 14.0. The van der Waals surface area contributed by atoms with Crippen LogP contribution in [0.2, 0.25) is 0 Å². The molecule has 106 valence electrons. The lowest BCUT2D eigenvalue weighted by atomic mass is 10.2. The number of nitrogens with one attached hydrogen (secondary N) is 2. The van der Waals surface area contributed by atoms with E-state index < -0.39 is 0 Å². The Kier molecular flexibility index (Phi) is 7.89. The number of amides is 2. The molecule has 0 bridgehead atoms. The summed E-state index contributed by atoms with van der Waals surface area (Å²) in [7, 11) is 0. The topological polar surface area (TPSA) is 106 Å². The third kappa shape index (κ3) is 7.50. The maximum absolute atomic E-state index is 11.4. The lowest BCUT2D eigenvalue weighted by Crippen LogP contribution is -2.34. The first kappa shape index (κ1) is 17.5. The van der Waals surface area contributed by atoms with Crippen molar-refractivity contribution in [3.8, 4) is 0 Å². The molecule has 0 radical (unpaired) electrons. The number of hydrogen-bond donors (Lipinski definition) is 4. The van der Waals surface area contributed by atoms with Gasteiger partial charge in [0.1, 0.15) is 0 Å². The number of benzene rings is 1. The van der Waals surface area contributed by atoms with Gasteiger partial charge in [0, 0.05) is 11.7 Å². The van der Waals surface area contributed by atoms with Gasteiger partial charge in [-0.15, -0.1) is 24.0 Å². The van der Waals surface area contributed by atoms with E-state index in [1.54, 1.807) is 12.1 Å². The van der Waals surface area contributed by atoms with E-state index in [4.69, 9.17) is 11.5 Å². The molecule has 0 heterocycles. The number of halogens is 1. The predicted octanol–water partition coefficient (Wildman–Crippen LogP) is 1.61. The second kappa shape index (κ2) is 8.57. The Labute approximate surface area is 130 Å². The van der Waals surface area contributed by atoms with E-state index in [0.29, 0.717) is 6.54 Å². The first-order valence-corrected chi connectivity index (χ1v) is 5.69. The molecule has 0 unspecified atom stereocenters. The van der Waals surface area contributed by atoms with Crippen LogP contribution < -0.4 is 22.1 Å². The molecule has 7 heteroatoms. The number of nitrogens with two attached hydrogens (primary N) is 2. The largest absolute Gasteiger partial charge is 0.370 e. The number of nitrogens with zero attached hydrogens (tertiary/aromatic N) is 1. The lowest BCUT2D eigenvalue weighted by molar-refractivity contribution is 0.250. The van der Waals surface area contributed by atoms with Crippen LogP contribution in [0.15, 0.2) is 29.3 Å². The summed E-state index contributed by atoms with van der Waals surface area (Å²) in [5.74, 6) is 0.0634. The number of carbonyl (C=O) groups is 1. The molecule has 6 nitrogen and oxygen atoms in total. The Morgan fingerprint density at radius 3 is 2.32 bits per heavy atom. The molecule has 0 fully saturated rings. The van der Waals surface area contributed by atoms with Gasteiger partial charge >= 0.3 is 6.03 Å². The van der Waals surface area contributed by atoms with Crippen LogP contribution in [-0.4, -0.2) is 18.0 Å². The third-order valence-corrected chi connectivity index (χ3v) is 2.08. The molecule has 0 aliphatic carbocycles. The third-order valence-electron chi connectivity index (χ3n) is 2.08. The fourth-order valence-corrected chi connectivity index (χ4v) is 1.31. The molecule has 0 aliphatic heterocycles. The van der Waals surface area contributed by atoms with Crippen LogP contribution in [0.1, 0.15) is 19.4 Å². The number of aliphatic imine (C=N–C) groups is 1. The van der Waals surface area contributed by atoms with Gasteiger partial charge < -0.3 is 22.1 Å². The van der Waals surface area contributed by atoms with Crippen LogP contribution in [0.3, 0.4) is 0 Å². The van der Waals surface area contributed by atoms with E-state index in [2.05, 4.69) is 15.6 Å². The Morgan fingerprint density at radius 2 is 1.84 bits per heavy atom. The molecule has 6 N–H and O–H groups in total. The number of rotatable bonds is 4. The highest BCUT2D eigenvalue weighted by Crippen LogP contribution is 2.10. The van der Waals surface area contributed by atoms with Crippen LogP contribution in [-0.2, 0) is 6.54 Å². The standard InChI is InChI=1S/C12H19N5O.HI/c1-8(2)16-12(18)17-10-5-3-9(4-6-10)7-15-11(13)14;/h3-6,8H,7H2,1-2H3,(H4,13,14,15)(H2,16,17,18);1H. The van der Waals surface area contributed by atoms with Crippen molar-refractivity contribution < 1.29 is 4.79 Å². The molecular formula is C12H20IN5O. The molecule has 1 aromatic rings. The minimum atomic E-state index is -0.220. The summed E-state index contributed by atoms with van der Waals surface area (Å²) >= 11 is 0. The van der Waals surface area contributed by atoms with Crippen LogP contribution in [0, 0.1) is 0 Å². The number of anilines is 1. The molecule has 19 heavy (non-hydrogen) atoms. The quantitative estimate of drug-likeness (QED) is 0.364. The number of carbonyl (C=O) groups excluding carboxylic acids is 1. The second-order valence-electron chi connectivity index (χ2n) is 4.19. The molecular weight excluding hydrogens is 357 g/mol. The van der Waals surface area contributed by atoms with Crippen LogP contribution in [0.4, 0.5) is 10.5 Å². The van der Waals surface area contributed by atoms with E-state index in [9.17, 15) is 4.79 Å². The minimum Gasteiger partial charge on any atom is -0.370 e. The number of urea groups is 1. The van der Waals surface area contributed by atoms with Crippen molar-refractivity contribution in [2.24, 2.45) is 16.5 Å². The molecule has 0 atom stereocenters. The Morgan fingerprint density at radius 1 is 1.26 bits per heavy atom. The first-order chi connectivity index (χ1) is 8.47. The summed E-state index contributed by atoms with van der Waals surface area (Å²) in [5, 5.41) is 5.47. The smallest absolute Gasteiger partial charge is 0.319 e. The van der Waals surface area contributed by atoms with Gasteiger partial charge in [-0.05, 0) is 31.5 Å². The molecule has 0 aliphatic rings. The normalized spacial score (nSPS) is 9.42. The van der Waals surface area contributed by atoms with E-state index in [-0.39, 0.29) is 42.0 Å². The molecule has 1 aromatic carbocycles. The SMILES string of the molecule is CC(C)NC(=O)Nc1ccc(CN=C(N)N)cc1.I. The molecule has 0 saturated carbocycles. The van der Waals surface area contributed by atoms with Gasteiger partial charge in [-0.2, -0.15) is 0 Å². The average molecular weight is 377 g/mol. The van der Waals surface area contributed by atoms with E-state index >= 15 is 0 Å². The van der Waals surface area contributed by atoms with Gasteiger partial charge in [-0.1, -0.05) is 12.1 Å². The molecule has 2 amide bonds. The van der Waals surface area contributed by atoms with E-state index in [1.165, 1.54) is 0 Å². The Bertz CT molecular complexity index is 426. The first-order valence-electron chi connectivity index (χ1n) is 5.69. The minimum absolute atomic E-state index is 0. The van der Waals surface area contributed by atoms with Gasteiger partial charge in [0.15, 0.2) is 5.96 Å². The van der Waals surface area contributed by atoms with Gasteiger partial charge in [0.25, 0.3) is 0 Å².